The third kappa shape index (κ3) is 4.89. The van der Waals surface area contributed by atoms with E-state index in [2.05, 4.69) is 10.4 Å². The highest BCUT2D eigenvalue weighted by Gasteiger charge is 2.33. The van der Waals surface area contributed by atoms with E-state index in [0.717, 1.165) is 23.3 Å². The second-order valence-corrected chi connectivity index (χ2v) is 8.06. The molecule has 0 saturated heterocycles. The quantitative estimate of drug-likeness (QED) is 0.431. The zero-order chi connectivity index (χ0) is 22.9. The van der Waals surface area contributed by atoms with E-state index in [1.165, 1.54) is 17.1 Å². The maximum atomic E-state index is 12.8. The molecule has 2 amide bonds. The van der Waals surface area contributed by atoms with Crippen molar-refractivity contribution in [1.29, 1.82) is 0 Å². The Balaban J connectivity index is 1.58. The molecule has 3 aromatic carbocycles. The number of urea groups is 1. The largest absolute Gasteiger partial charge is 0.416 e. The molecular weight excluding hydrogens is 462 g/mol. The summed E-state index contributed by atoms with van der Waals surface area (Å²) in [6.07, 6.45) is -4.44. The molecule has 1 unspecified atom stereocenters. The number of hydrazone groups is 1. The smallest absolute Gasteiger partial charge is 0.306 e. The van der Waals surface area contributed by atoms with E-state index < -0.39 is 17.8 Å². The number of nitrogens with one attached hydrogen (secondary N) is 1. The molecule has 1 atom stereocenters. The summed E-state index contributed by atoms with van der Waals surface area (Å²) in [4.78, 5) is 12.8. The normalized spacial score (nSPS) is 16.1. The molecule has 1 N–H and O–H groups in total. The molecular formula is C23H16Cl2F3N3O. The number of carbonyl (C=O) groups is 1. The van der Waals surface area contributed by atoms with Gasteiger partial charge in [-0.25, -0.2) is 9.80 Å². The summed E-state index contributed by atoms with van der Waals surface area (Å²) in [6, 6.07) is 18.1. The van der Waals surface area contributed by atoms with E-state index in [1.807, 2.05) is 24.3 Å². The predicted octanol–water partition coefficient (Wildman–Crippen LogP) is 7.05. The average molecular weight is 478 g/mol. The highest BCUT2D eigenvalue weighted by Crippen LogP contribution is 2.32. The van der Waals surface area contributed by atoms with Gasteiger partial charge in [-0.05, 0) is 59.7 Å². The zero-order valence-corrected chi connectivity index (χ0v) is 17.9. The van der Waals surface area contributed by atoms with Gasteiger partial charge in [0.25, 0.3) is 0 Å². The lowest BCUT2D eigenvalue weighted by Gasteiger charge is -2.16. The van der Waals surface area contributed by atoms with Crippen LogP contribution in [-0.4, -0.2) is 23.3 Å². The van der Waals surface area contributed by atoms with Gasteiger partial charge in [0.05, 0.1) is 17.8 Å². The maximum Gasteiger partial charge on any atom is 0.416 e. The van der Waals surface area contributed by atoms with E-state index in [9.17, 15) is 18.0 Å². The van der Waals surface area contributed by atoms with Crippen LogP contribution in [0.15, 0.2) is 77.9 Å². The fourth-order valence-electron chi connectivity index (χ4n) is 3.40. The van der Waals surface area contributed by atoms with Gasteiger partial charge >= 0.3 is 12.2 Å². The number of hydrogen-bond donors (Lipinski definition) is 1. The van der Waals surface area contributed by atoms with Gasteiger partial charge in [-0.1, -0.05) is 47.5 Å². The lowest BCUT2D eigenvalue weighted by Crippen LogP contribution is -2.30. The number of anilines is 1. The Labute approximate surface area is 192 Å². The number of halogens is 5. The van der Waals surface area contributed by atoms with Crippen LogP contribution in [0.4, 0.5) is 23.7 Å². The van der Waals surface area contributed by atoms with Crippen LogP contribution in [0.5, 0.6) is 0 Å². The molecule has 0 bridgehead atoms. The predicted molar refractivity (Wildman–Crippen MR) is 119 cm³/mol. The van der Waals surface area contributed by atoms with Crippen molar-refractivity contribution in [2.75, 3.05) is 11.9 Å². The summed E-state index contributed by atoms with van der Waals surface area (Å²) in [5.41, 5.74) is 1.85. The Morgan fingerprint density at radius 2 is 1.47 bits per heavy atom. The van der Waals surface area contributed by atoms with Crippen LogP contribution in [0.2, 0.25) is 10.0 Å². The molecule has 1 aliphatic heterocycles. The first-order chi connectivity index (χ1) is 15.2. The van der Waals surface area contributed by atoms with Gasteiger partial charge in [0, 0.05) is 21.7 Å². The molecule has 9 heteroatoms. The standard InChI is InChI=1S/C23H16Cl2F3N3O/c24-17-7-1-14(2-8-17)20-13-31(30-21(20)15-3-9-18(25)10-4-15)22(32)29-19-11-5-16(6-12-19)23(26,27)28/h1-12,20H,13H2,(H,29,32). The van der Waals surface area contributed by atoms with Crippen molar-refractivity contribution < 1.29 is 18.0 Å². The minimum Gasteiger partial charge on any atom is -0.306 e. The van der Waals surface area contributed by atoms with Crippen LogP contribution >= 0.6 is 23.2 Å². The Morgan fingerprint density at radius 3 is 2.03 bits per heavy atom. The van der Waals surface area contributed by atoms with Crippen molar-refractivity contribution in [3.8, 4) is 0 Å². The zero-order valence-electron chi connectivity index (χ0n) is 16.4. The molecule has 1 aliphatic rings. The molecule has 3 aromatic rings. The number of carbonyl (C=O) groups excluding carboxylic acids is 1. The van der Waals surface area contributed by atoms with Gasteiger partial charge in [-0.2, -0.15) is 18.3 Å². The summed E-state index contributed by atoms with van der Waals surface area (Å²) in [6.45, 7) is 0.256. The van der Waals surface area contributed by atoms with Gasteiger partial charge in [0.1, 0.15) is 0 Å². The molecule has 1 heterocycles. The van der Waals surface area contributed by atoms with Crippen LogP contribution in [-0.2, 0) is 6.18 Å². The van der Waals surface area contributed by atoms with E-state index in [0.29, 0.717) is 15.8 Å². The van der Waals surface area contributed by atoms with Crippen LogP contribution < -0.4 is 5.32 Å². The SMILES string of the molecule is O=C(Nc1ccc(C(F)(F)F)cc1)N1CC(c2ccc(Cl)cc2)C(c2ccc(Cl)cc2)=N1. The molecule has 0 saturated carbocycles. The van der Waals surface area contributed by atoms with Gasteiger partial charge in [-0.15, -0.1) is 0 Å². The molecule has 0 aliphatic carbocycles. The average Bonchev–Trinajstić information content (AvgIpc) is 3.20. The van der Waals surface area contributed by atoms with Crippen molar-refractivity contribution in [1.82, 2.24) is 5.01 Å². The minimum atomic E-state index is -4.44. The molecule has 0 spiro atoms. The van der Waals surface area contributed by atoms with Crippen molar-refractivity contribution in [3.05, 3.63) is 99.5 Å². The second-order valence-electron chi connectivity index (χ2n) is 7.18. The van der Waals surface area contributed by atoms with Gasteiger partial charge in [-0.3, -0.25) is 0 Å². The molecule has 164 valence electrons. The monoisotopic (exact) mass is 477 g/mol. The van der Waals surface area contributed by atoms with E-state index in [1.54, 1.807) is 24.3 Å². The van der Waals surface area contributed by atoms with Gasteiger partial charge < -0.3 is 5.32 Å². The lowest BCUT2D eigenvalue weighted by atomic mass is 9.91. The summed E-state index contributed by atoms with van der Waals surface area (Å²) < 4.78 is 38.3. The first kappa shape index (κ1) is 22.2. The number of alkyl halides is 3. The number of amides is 2. The second kappa shape index (κ2) is 8.84. The molecule has 0 radical (unpaired) electrons. The van der Waals surface area contributed by atoms with E-state index >= 15 is 0 Å². The summed E-state index contributed by atoms with van der Waals surface area (Å²) in [5, 5.41) is 9.53. The third-order valence-corrected chi connectivity index (χ3v) is 5.53. The van der Waals surface area contributed by atoms with Crippen molar-refractivity contribution in [2.24, 2.45) is 5.10 Å². The molecule has 4 rings (SSSR count). The minimum absolute atomic E-state index is 0.216. The Bertz CT molecular complexity index is 1150. The third-order valence-electron chi connectivity index (χ3n) is 5.02. The van der Waals surface area contributed by atoms with E-state index in [4.69, 9.17) is 23.2 Å². The number of benzene rings is 3. The number of hydrogen-bond acceptors (Lipinski definition) is 2. The van der Waals surface area contributed by atoms with E-state index in [-0.39, 0.29) is 18.2 Å². The Hall–Kier alpha value is -3.03. The number of rotatable bonds is 3. The molecule has 4 nitrogen and oxygen atoms in total. The summed E-state index contributed by atoms with van der Waals surface area (Å²) in [5.74, 6) is -0.216. The fraction of sp³-hybridized carbons (Fsp3) is 0.130. The van der Waals surface area contributed by atoms with Crippen molar-refractivity contribution in [2.45, 2.75) is 12.1 Å². The number of nitrogens with zero attached hydrogens (tertiary/aromatic N) is 2. The topological polar surface area (TPSA) is 44.7 Å². The maximum absolute atomic E-state index is 12.8. The first-order valence-corrected chi connectivity index (χ1v) is 10.3. The van der Waals surface area contributed by atoms with Crippen molar-refractivity contribution in [3.63, 3.8) is 0 Å². The van der Waals surface area contributed by atoms with Crippen LogP contribution in [0.3, 0.4) is 0 Å². The fourth-order valence-corrected chi connectivity index (χ4v) is 3.65. The van der Waals surface area contributed by atoms with Gasteiger partial charge in [0.15, 0.2) is 0 Å². The Kier molecular flexibility index (Phi) is 6.13. The van der Waals surface area contributed by atoms with Crippen LogP contribution in [0.25, 0.3) is 0 Å². The Morgan fingerprint density at radius 1 is 0.906 bits per heavy atom. The van der Waals surface area contributed by atoms with Gasteiger partial charge in [0.2, 0.25) is 0 Å². The lowest BCUT2D eigenvalue weighted by molar-refractivity contribution is -0.137. The molecule has 0 aromatic heterocycles. The highest BCUT2D eigenvalue weighted by molar-refractivity contribution is 6.31. The highest BCUT2D eigenvalue weighted by atomic mass is 35.5. The molecule has 0 fully saturated rings. The summed E-state index contributed by atoms with van der Waals surface area (Å²) >= 11 is 12.0. The van der Waals surface area contributed by atoms with Crippen molar-refractivity contribution >= 4 is 40.6 Å². The van der Waals surface area contributed by atoms with Crippen LogP contribution in [0.1, 0.15) is 22.6 Å². The summed E-state index contributed by atoms with van der Waals surface area (Å²) in [7, 11) is 0. The first-order valence-electron chi connectivity index (χ1n) is 9.56. The van der Waals surface area contributed by atoms with Crippen LogP contribution in [0, 0.1) is 0 Å². The molecule has 32 heavy (non-hydrogen) atoms.